The molecule has 0 atom stereocenters. The van der Waals surface area contributed by atoms with E-state index in [4.69, 9.17) is 0 Å². The van der Waals surface area contributed by atoms with Crippen molar-refractivity contribution < 1.29 is 51.0 Å². The average molecular weight is 813 g/mol. The van der Waals surface area contributed by atoms with Crippen LogP contribution in [0.4, 0.5) is 0 Å². The van der Waals surface area contributed by atoms with Gasteiger partial charge in [0.15, 0.2) is 0 Å². The van der Waals surface area contributed by atoms with E-state index in [1.807, 2.05) is 36.5 Å². The van der Waals surface area contributed by atoms with Crippen LogP contribution in [0.3, 0.4) is 0 Å². The minimum absolute atomic E-state index is 0. The van der Waals surface area contributed by atoms with Crippen LogP contribution in [0.5, 0.6) is 0 Å². The van der Waals surface area contributed by atoms with Crippen molar-refractivity contribution in [3.8, 4) is 0 Å². The van der Waals surface area contributed by atoms with Gasteiger partial charge in [-0.1, -0.05) is 0 Å². The SMILES string of the molecule is C[CH-]C(C)=[C](C)[Sb]=[Sb].C[CH-]C(C)=[C](C)[Sb]=[Sb].[Cl-].[Cl-].[Zr+4]. The molecule has 0 heterocycles. The molecule has 0 N–H and O–H groups in total. The summed E-state index contributed by atoms with van der Waals surface area (Å²) in [6.07, 6.45) is 4.39. The van der Waals surface area contributed by atoms with Crippen LogP contribution in [0.25, 0.3) is 0 Å². The Labute approximate surface area is 190 Å². The van der Waals surface area contributed by atoms with Gasteiger partial charge in [-0.15, -0.1) is 0 Å². The first-order valence-electron chi connectivity index (χ1n) is 5.08. The Bertz CT molecular complexity index is 272. The van der Waals surface area contributed by atoms with Crippen molar-refractivity contribution >= 4 is 70.2 Å². The normalized spacial score (nSPS) is 10.4. The molecule has 0 saturated heterocycles. The summed E-state index contributed by atoms with van der Waals surface area (Å²) in [6.45, 7) is 13.1. The summed E-state index contributed by atoms with van der Waals surface area (Å²) >= 11 is 4.22. The van der Waals surface area contributed by atoms with Crippen LogP contribution in [0.2, 0.25) is 0 Å². The van der Waals surface area contributed by atoms with E-state index in [0.717, 1.165) is 0 Å². The standard InChI is InChI=1S/2C6H10.2ClH.4Sb.Zr/c2*1-4-6(3)5-2;;;;;;;/h2*4H,1-3H3;2*1H;;;;;/q2*-1;;;;;;;+4/p-2. The van der Waals surface area contributed by atoms with E-state index in [1.54, 1.807) is 7.04 Å². The predicted octanol–water partition coefficient (Wildman–Crippen LogP) is -3.41. The Morgan fingerprint density at radius 2 is 0.947 bits per heavy atom. The first-order chi connectivity index (χ1) is 7.44. The van der Waals surface area contributed by atoms with Crippen molar-refractivity contribution in [2.24, 2.45) is 0 Å². The van der Waals surface area contributed by atoms with Crippen LogP contribution in [-0.2, 0) is 26.2 Å². The molecule has 2 radical (unpaired) electrons. The van der Waals surface area contributed by atoms with Gasteiger partial charge in [0.1, 0.15) is 0 Å². The maximum absolute atomic E-state index is 2.26. The van der Waals surface area contributed by atoms with Gasteiger partial charge >= 0.3 is 169 Å². The molecule has 0 aliphatic carbocycles. The zero-order valence-electron chi connectivity index (χ0n) is 12.2. The fraction of sp³-hybridized carbons (Fsp3) is 0.500. The number of hydrogen-bond acceptors (Lipinski definition) is 0. The molecule has 0 amide bonds. The minimum Gasteiger partial charge on any atom is -1.00 e. The van der Waals surface area contributed by atoms with E-state index < -0.39 is 0 Å². The van der Waals surface area contributed by atoms with Gasteiger partial charge in [0.2, 0.25) is 0 Å². The molecule has 7 heteroatoms. The van der Waals surface area contributed by atoms with Gasteiger partial charge in [0.05, 0.1) is 0 Å². The van der Waals surface area contributed by atoms with Crippen molar-refractivity contribution in [3.63, 3.8) is 0 Å². The summed E-state index contributed by atoms with van der Waals surface area (Å²) in [7, 11) is 0. The van der Waals surface area contributed by atoms with Crippen molar-refractivity contribution in [1.82, 2.24) is 0 Å². The van der Waals surface area contributed by atoms with Gasteiger partial charge in [-0.3, -0.25) is 0 Å². The minimum atomic E-state index is 0. The molecular weight excluding hydrogens is 793 g/mol. The molecule has 0 aromatic carbocycles. The maximum Gasteiger partial charge on any atom is 4.00 e. The monoisotopic (exact) mass is 808 g/mol. The third-order valence-corrected chi connectivity index (χ3v) is 17.5. The van der Waals surface area contributed by atoms with E-state index >= 15 is 0 Å². The van der Waals surface area contributed by atoms with Crippen molar-refractivity contribution in [2.45, 2.75) is 41.5 Å². The summed E-state index contributed by atoms with van der Waals surface area (Å²) in [5.41, 5.74) is 3.01. The van der Waals surface area contributed by atoms with Crippen LogP contribution in [0.1, 0.15) is 41.5 Å². The van der Waals surface area contributed by atoms with Crippen LogP contribution in [0, 0.1) is 12.8 Å². The predicted molar refractivity (Wildman–Crippen MR) is 79.7 cm³/mol. The molecule has 0 aliphatic rings. The smallest absolute Gasteiger partial charge is 1.00 e. The first kappa shape index (κ1) is 34.3. The van der Waals surface area contributed by atoms with Crippen LogP contribution >= 0.6 is 0 Å². The van der Waals surface area contributed by atoms with Gasteiger partial charge < -0.3 is 24.8 Å². The number of halogens is 2. The van der Waals surface area contributed by atoms with Crippen molar-refractivity contribution in [3.05, 3.63) is 31.0 Å². The second-order valence-corrected chi connectivity index (χ2v) is 15.9. The molecule has 0 unspecified atom stereocenters. The quantitative estimate of drug-likeness (QED) is 0.206. The molecule has 0 aromatic rings. The Balaban J connectivity index is -0.0000000594. The fourth-order valence-electron chi connectivity index (χ4n) is 0.576. The van der Waals surface area contributed by atoms with Gasteiger partial charge in [0, 0.05) is 0 Å². The number of rotatable bonds is 4. The molecule has 0 rings (SSSR count). The van der Waals surface area contributed by atoms with Crippen LogP contribution in [0.15, 0.2) is 18.2 Å². The molecule has 106 valence electrons. The Morgan fingerprint density at radius 3 is 1.00 bits per heavy atom. The zero-order valence-corrected chi connectivity index (χ0v) is 26.4. The number of allylic oxidation sites excluding steroid dienone is 4. The molecule has 0 aliphatic heterocycles. The van der Waals surface area contributed by atoms with E-state index in [1.165, 1.54) is 11.1 Å². The second kappa shape index (κ2) is 24.2. The molecule has 0 spiro atoms. The van der Waals surface area contributed by atoms with E-state index in [2.05, 4.69) is 54.4 Å². The zero-order chi connectivity index (χ0) is 13.1. The molecule has 0 nitrogen and oxygen atoms in total. The molecule has 0 fully saturated rings. The van der Waals surface area contributed by atoms with E-state index in [9.17, 15) is 0 Å². The van der Waals surface area contributed by atoms with Crippen molar-refractivity contribution in [1.29, 1.82) is 0 Å². The Kier molecular flexibility index (Phi) is 43.7. The average Bonchev–Trinajstić information content (AvgIpc) is 2.35. The third kappa shape index (κ3) is 22.0. The number of hydrogen-bond donors (Lipinski definition) is 0. The van der Waals surface area contributed by atoms with Gasteiger partial charge in [-0.2, -0.15) is 0 Å². The molecule has 19 heavy (non-hydrogen) atoms. The third-order valence-electron chi connectivity index (χ3n) is 2.31. The van der Waals surface area contributed by atoms with Crippen LogP contribution in [-0.4, -0.2) is 70.2 Å². The Hall–Kier alpha value is 3.96. The molecule has 0 aromatic heterocycles. The van der Waals surface area contributed by atoms with E-state index in [-0.39, 0.29) is 84.7 Å². The second-order valence-electron chi connectivity index (χ2n) is 3.31. The largest absolute Gasteiger partial charge is 4.00 e. The summed E-state index contributed by atoms with van der Waals surface area (Å²) in [4.78, 5) is 0. The van der Waals surface area contributed by atoms with E-state index in [0.29, 0.717) is 0 Å². The summed E-state index contributed by atoms with van der Waals surface area (Å²) in [5.74, 6) is 0. The Morgan fingerprint density at radius 1 is 0.737 bits per heavy atom. The summed E-state index contributed by atoms with van der Waals surface area (Å²) in [6, 6.07) is 0. The van der Waals surface area contributed by atoms with Crippen LogP contribution < -0.4 is 24.8 Å². The topological polar surface area (TPSA) is 0 Å². The van der Waals surface area contributed by atoms with Gasteiger partial charge in [-0.05, 0) is 0 Å². The first-order valence-corrected chi connectivity index (χ1v) is 25.2. The summed E-state index contributed by atoms with van der Waals surface area (Å²) in [5, 5.41) is 0. The molecular formula is C12H20Cl2Sb4Zr. The fourth-order valence-corrected chi connectivity index (χ4v) is 8.25. The molecule has 0 saturated carbocycles. The van der Waals surface area contributed by atoms with Crippen molar-refractivity contribution in [2.75, 3.05) is 0 Å². The summed E-state index contributed by atoms with van der Waals surface area (Å²) < 4.78 is 3.33. The maximum atomic E-state index is 2.26. The van der Waals surface area contributed by atoms with Gasteiger partial charge in [-0.25, -0.2) is 0 Å². The van der Waals surface area contributed by atoms with Gasteiger partial charge in [0.25, 0.3) is 0 Å². The molecule has 0 bridgehead atoms.